The summed E-state index contributed by atoms with van der Waals surface area (Å²) in [7, 11) is 0. The van der Waals surface area contributed by atoms with Crippen molar-refractivity contribution in [3.8, 4) is 0 Å². The fourth-order valence-corrected chi connectivity index (χ4v) is 5.68. The molecule has 1 N–H and O–H groups in total. The standard InChI is InChI=1S/C22H30N4OS/c1-16(2)7-8-22(21(27)25-12-17-4-3-9-23-11-17)10-18-5-6-20(22)26(18)14-19-13-24-15-28-19/h3-4,9,11,13,15-16,18,20H,5-8,10,12,14H2,1-2H3,(H,25,27)/t18-,20+,22+/m1/s1. The molecule has 0 aliphatic carbocycles. The average molecular weight is 399 g/mol. The minimum Gasteiger partial charge on any atom is -0.351 e. The SMILES string of the molecule is CC(C)CC[C@]1(C(=O)NCc2cccnc2)C[C@H]2CC[C@@H]1N2Cc1cncs1. The van der Waals surface area contributed by atoms with Crippen molar-refractivity contribution in [2.45, 2.75) is 71.1 Å². The van der Waals surface area contributed by atoms with E-state index in [-0.39, 0.29) is 11.3 Å². The zero-order chi connectivity index (χ0) is 19.6. The maximum atomic E-state index is 13.5. The van der Waals surface area contributed by atoms with Crippen LogP contribution in [0, 0.1) is 11.3 Å². The number of carbonyl (C=O) groups is 1. The number of pyridine rings is 1. The van der Waals surface area contributed by atoms with Gasteiger partial charge in [0.1, 0.15) is 0 Å². The Morgan fingerprint density at radius 1 is 1.36 bits per heavy atom. The first kappa shape index (κ1) is 19.5. The Bertz CT molecular complexity index is 779. The second-order valence-electron chi connectivity index (χ2n) is 8.72. The van der Waals surface area contributed by atoms with Gasteiger partial charge in [0.2, 0.25) is 5.91 Å². The van der Waals surface area contributed by atoms with E-state index < -0.39 is 0 Å². The fourth-order valence-electron chi connectivity index (χ4n) is 5.08. The Hall–Kier alpha value is -1.79. The third-order valence-electron chi connectivity index (χ3n) is 6.50. The first-order valence-corrected chi connectivity index (χ1v) is 11.3. The molecule has 150 valence electrons. The molecule has 0 saturated carbocycles. The maximum absolute atomic E-state index is 13.5. The molecule has 2 bridgehead atoms. The molecule has 2 aliphatic heterocycles. The smallest absolute Gasteiger partial charge is 0.228 e. The minimum absolute atomic E-state index is 0.235. The largest absolute Gasteiger partial charge is 0.351 e. The van der Waals surface area contributed by atoms with Crippen LogP contribution in [-0.4, -0.2) is 32.9 Å². The Kier molecular flexibility index (Phi) is 5.78. The van der Waals surface area contributed by atoms with Crippen LogP contribution in [0.5, 0.6) is 0 Å². The molecule has 4 heterocycles. The van der Waals surface area contributed by atoms with Crippen LogP contribution in [0.3, 0.4) is 0 Å². The van der Waals surface area contributed by atoms with E-state index in [1.165, 1.54) is 11.3 Å². The number of thiazole rings is 1. The highest BCUT2D eigenvalue weighted by Gasteiger charge is 2.59. The van der Waals surface area contributed by atoms with Crippen molar-refractivity contribution in [1.29, 1.82) is 0 Å². The molecule has 3 atom stereocenters. The molecule has 5 nitrogen and oxygen atoms in total. The zero-order valence-electron chi connectivity index (χ0n) is 16.8. The lowest BCUT2D eigenvalue weighted by atomic mass is 9.69. The molecule has 2 aromatic rings. The van der Waals surface area contributed by atoms with Gasteiger partial charge < -0.3 is 5.32 Å². The van der Waals surface area contributed by atoms with Crippen LogP contribution < -0.4 is 5.32 Å². The van der Waals surface area contributed by atoms with E-state index in [9.17, 15) is 4.79 Å². The number of amides is 1. The first-order valence-electron chi connectivity index (χ1n) is 10.4. The second-order valence-corrected chi connectivity index (χ2v) is 9.69. The van der Waals surface area contributed by atoms with Crippen molar-refractivity contribution in [2.24, 2.45) is 11.3 Å². The molecular weight excluding hydrogens is 368 g/mol. The van der Waals surface area contributed by atoms with Crippen LogP contribution in [0.15, 0.2) is 36.2 Å². The molecular formula is C22H30N4OS. The molecule has 4 rings (SSSR count). The van der Waals surface area contributed by atoms with E-state index in [0.29, 0.717) is 24.5 Å². The van der Waals surface area contributed by atoms with Gasteiger partial charge in [-0.2, -0.15) is 0 Å². The molecule has 2 aromatic heterocycles. The van der Waals surface area contributed by atoms with E-state index in [2.05, 4.69) is 34.0 Å². The number of carbonyl (C=O) groups excluding carboxylic acids is 1. The highest BCUT2D eigenvalue weighted by Crippen LogP contribution is 2.53. The summed E-state index contributed by atoms with van der Waals surface area (Å²) in [5.41, 5.74) is 2.69. The molecule has 0 unspecified atom stereocenters. The van der Waals surface area contributed by atoms with Crippen LogP contribution in [0.2, 0.25) is 0 Å². The summed E-state index contributed by atoms with van der Waals surface area (Å²) in [5, 5.41) is 3.25. The van der Waals surface area contributed by atoms with E-state index in [1.54, 1.807) is 17.5 Å². The summed E-state index contributed by atoms with van der Waals surface area (Å²) in [6.45, 7) is 5.99. The topological polar surface area (TPSA) is 58.1 Å². The zero-order valence-corrected chi connectivity index (χ0v) is 17.6. The Morgan fingerprint density at radius 3 is 2.96 bits per heavy atom. The van der Waals surface area contributed by atoms with Crippen LogP contribution in [0.25, 0.3) is 0 Å². The summed E-state index contributed by atoms with van der Waals surface area (Å²) < 4.78 is 0. The van der Waals surface area contributed by atoms with E-state index in [0.717, 1.165) is 37.8 Å². The predicted octanol–water partition coefficient (Wildman–Crippen LogP) is 4.01. The maximum Gasteiger partial charge on any atom is 0.228 e. The van der Waals surface area contributed by atoms with Gasteiger partial charge in [0.15, 0.2) is 0 Å². The molecule has 0 radical (unpaired) electrons. The lowest BCUT2D eigenvalue weighted by Gasteiger charge is -2.37. The number of rotatable bonds is 8. The van der Waals surface area contributed by atoms with Gasteiger partial charge in [-0.05, 0) is 49.7 Å². The number of aromatic nitrogens is 2. The number of fused-ring (bicyclic) bond motifs is 2. The van der Waals surface area contributed by atoms with Gasteiger partial charge in [-0.25, -0.2) is 0 Å². The van der Waals surface area contributed by atoms with Crippen molar-refractivity contribution in [3.63, 3.8) is 0 Å². The van der Waals surface area contributed by atoms with Crippen LogP contribution in [0.4, 0.5) is 0 Å². The van der Waals surface area contributed by atoms with E-state index >= 15 is 0 Å². The van der Waals surface area contributed by atoms with Crippen LogP contribution in [0.1, 0.15) is 56.4 Å². The van der Waals surface area contributed by atoms with Crippen molar-refractivity contribution in [1.82, 2.24) is 20.2 Å². The quantitative estimate of drug-likeness (QED) is 0.730. The van der Waals surface area contributed by atoms with Crippen molar-refractivity contribution in [2.75, 3.05) is 0 Å². The number of nitrogens with one attached hydrogen (secondary N) is 1. The molecule has 2 fully saturated rings. The van der Waals surface area contributed by atoms with Crippen LogP contribution >= 0.6 is 11.3 Å². The highest BCUT2D eigenvalue weighted by molar-refractivity contribution is 7.09. The molecule has 0 spiro atoms. The summed E-state index contributed by atoms with van der Waals surface area (Å²) in [5.74, 6) is 0.843. The molecule has 2 aliphatic rings. The van der Waals surface area contributed by atoms with Crippen molar-refractivity contribution in [3.05, 3.63) is 46.7 Å². The lowest BCUT2D eigenvalue weighted by Crippen LogP contribution is -2.49. The third-order valence-corrected chi connectivity index (χ3v) is 7.26. The Morgan fingerprint density at radius 2 is 2.25 bits per heavy atom. The fraction of sp³-hybridized carbons (Fsp3) is 0.591. The van der Waals surface area contributed by atoms with Crippen LogP contribution in [-0.2, 0) is 17.9 Å². The van der Waals surface area contributed by atoms with Gasteiger partial charge in [0.05, 0.1) is 10.9 Å². The Labute approximate surface area is 171 Å². The average Bonchev–Trinajstić information content (AvgIpc) is 3.42. The molecule has 28 heavy (non-hydrogen) atoms. The molecule has 1 amide bonds. The predicted molar refractivity (Wildman–Crippen MR) is 112 cm³/mol. The van der Waals surface area contributed by atoms with Crippen molar-refractivity contribution < 1.29 is 4.79 Å². The van der Waals surface area contributed by atoms with Gasteiger partial charge in [0, 0.05) is 48.6 Å². The van der Waals surface area contributed by atoms with Gasteiger partial charge in [0.25, 0.3) is 0 Å². The molecule has 0 aromatic carbocycles. The van der Waals surface area contributed by atoms with E-state index in [1.807, 2.05) is 30.0 Å². The van der Waals surface area contributed by atoms with Gasteiger partial charge in [-0.3, -0.25) is 19.7 Å². The monoisotopic (exact) mass is 398 g/mol. The summed E-state index contributed by atoms with van der Waals surface area (Å²) in [6.07, 6.45) is 11.0. The summed E-state index contributed by atoms with van der Waals surface area (Å²) >= 11 is 1.72. The number of hydrogen-bond donors (Lipinski definition) is 1. The summed E-state index contributed by atoms with van der Waals surface area (Å²) in [4.78, 5) is 25.8. The number of nitrogens with zero attached hydrogens (tertiary/aromatic N) is 3. The van der Waals surface area contributed by atoms with Gasteiger partial charge in [-0.1, -0.05) is 19.9 Å². The molecule has 6 heteroatoms. The number of hydrogen-bond acceptors (Lipinski definition) is 5. The van der Waals surface area contributed by atoms with Crippen molar-refractivity contribution >= 4 is 17.2 Å². The summed E-state index contributed by atoms with van der Waals surface area (Å²) in [6, 6.07) is 4.80. The second kappa shape index (κ2) is 8.29. The molecule has 2 saturated heterocycles. The Balaban J connectivity index is 1.52. The first-order chi connectivity index (χ1) is 13.6. The lowest BCUT2D eigenvalue weighted by molar-refractivity contribution is -0.133. The van der Waals surface area contributed by atoms with E-state index in [4.69, 9.17) is 0 Å². The third kappa shape index (κ3) is 3.85. The van der Waals surface area contributed by atoms with Gasteiger partial charge >= 0.3 is 0 Å². The van der Waals surface area contributed by atoms with Gasteiger partial charge in [-0.15, -0.1) is 11.3 Å². The highest BCUT2D eigenvalue weighted by atomic mass is 32.1. The minimum atomic E-state index is -0.264. The normalized spacial score (nSPS) is 26.8.